The molecular weight excluding hydrogens is 374 g/mol. The zero-order valence-electron chi connectivity index (χ0n) is 13.8. The first-order valence-electron chi connectivity index (χ1n) is 7.98. The standard InChI is InChI=1S/C18H16ClN3O3S/c19-15-6-4-13(5-7-15)11-17(23)21-9-8-20-18(21)26-12-14-2-1-3-16(10-14)22(24)25/h1-7,10H,8-9,11-12H2. The fourth-order valence-corrected chi connectivity index (χ4v) is 3.69. The summed E-state index contributed by atoms with van der Waals surface area (Å²) in [5, 5.41) is 12.2. The second-order valence-electron chi connectivity index (χ2n) is 5.73. The van der Waals surface area contributed by atoms with E-state index in [9.17, 15) is 14.9 Å². The predicted octanol–water partition coefficient (Wildman–Crippen LogP) is 3.92. The third-order valence-corrected chi connectivity index (χ3v) is 5.20. The molecule has 0 atom stereocenters. The first-order valence-corrected chi connectivity index (χ1v) is 9.34. The molecule has 26 heavy (non-hydrogen) atoms. The summed E-state index contributed by atoms with van der Waals surface area (Å²) in [4.78, 5) is 29.1. The first-order chi connectivity index (χ1) is 12.5. The molecule has 0 bridgehead atoms. The van der Waals surface area contributed by atoms with Gasteiger partial charge in [0, 0.05) is 29.5 Å². The van der Waals surface area contributed by atoms with Crippen LogP contribution in [0.1, 0.15) is 11.1 Å². The van der Waals surface area contributed by atoms with Gasteiger partial charge in [-0.25, -0.2) is 0 Å². The lowest BCUT2D eigenvalue weighted by atomic mass is 10.1. The SMILES string of the molecule is O=C(Cc1ccc(Cl)cc1)N1CCN=C1SCc1cccc([N+](=O)[O-])c1. The Bertz CT molecular complexity index is 855. The van der Waals surface area contributed by atoms with Gasteiger partial charge in [0.15, 0.2) is 5.17 Å². The summed E-state index contributed by atoms with van der Waals surface area (Å²) in [5.41, 5.74) is 1.78. The molecule has 0 aliphatic carbocycles. The van der Waals surface area contributed by atoms with Crippen molar-refractivity contribution in [3.8, 4) is 0 Å². The van der Waals surface area contributed by atoms with Gasteiger partial charge in [-0.3, -0.25) is 24.8 Å². The molecular formula is C18H16ClN3O3S. The molecule has 1 aliphatic rings. The Morgan fingerprint density at radius 2 is 2.00 bits per heavy atom. The summed E-state index contributed by atoms with van der Waals surface area (Å²) < 4.78 is 0. The van der Waals surface area contributed by atoms with Gasteiger partial charge >= 0.3 is 0 Å². The van der Waals surface area contributed by atoms with Crippen LogP contribution in [0, 0.1) is 10.1 Å². The molecule has 0 aromatic heterocycles. The van der Waals surface area contributed by atoms with Crippen molar-refractivity contribution in [1.82, 2.24) is 4.90 Å². The number of hydrogen-bond donors (Lipinski definition) is 0. The predicted molar refractivity (Wildman–Crippen MR) is 104 cm³/mol. The van der Waals surface area contributed by atoms with Crippen molar-refractivity contribution in [3.63, 3.8) is 0 Å². The molecule has 1 heterocycles. The summed E-state index contributed by atoms with van der Waals surface area (Å²) in [5.74, 6) is 0.501. The molecule has 3 rings (SSSR count). The lowest BCUT2D eigenvalue weighted by molar-refractivity contribution is -0.384. The van der Waals surface area contributed by atoms with E-state index in [4.69, 9.17) is 11.6 Å². The summed E-state index contributed by atoms with van der Waals surface area (Å²) in [7, 11) is 0. The maximum Gasteiger partial charge on any atom is 0.269 e. The Balaban J connectivity index is 1.61. The maximum atomic E-state index is 12.6. The van der Waals surface area contributed by atoms with Gasteiger partial charge in [-0.2, -0.15) is 0 Å². The van der Waals surface area contributed by atoms with Crippen LogP contribution in [-0.2, 0) is 17.0 Å². The van der Waals surface area contributed by atoms with Crippen LogP contribution in [0.5, 0.6) is 0 Å². The zero-order chi connectivity index (χ0) is 18.5. The number of thioether (sulfide) groups is 1. The van der Waals surface area contributed by atoms with E-state index in [0.717, 1.165) is 11.1 Å². The minimum atomic E-state index is -0.413. The van der Waals surface area contributed by atoms with Crippen molar-refractivity contribution in [2.24, 2.45) is 4.99 Å². The van der Waals surface area contributed by atoms with E-state index in [1.165, 1.54) is 17.8 Å². The maximum absolute atomic E-state index is 12.6. The van der Waals surface area contributed by atoms with Crippen LogP contribution in [0.15, 0.2) is 53.5 Å². The van der Waals surface area contributed by atoms with Gasteiger partial charge < -0.3 is 0 Å². The normalized spacial score (nSPS) is 13.6. The zero-order valence-corrected chi connectivity index (χ0v) is 15.4. The van der Waals surface area contributed by atoms with Crippen molar-refractivity contribution in [2.45, 2.75) is 12.2 Å². The number of amidine groups is 1. The highest BCUT2D eigenvalue weighted by atomic mass is 35.5. The van der Waals surface area contributed by atoms with Crippen LogP contribution in [0.25, 0.3) is 0 Å². The second kappa shape index (κ2) is 8.33. The third kappa shape index (κ3) is 4.62. The van der Waals surface area contributed by atoms with E-state index in [2.05, 4.69) is 4.99 Å². The van der Waals surface area contributed by atoms with Crippen molar-refractivity contribution < 1.29 is 9.72 Å². The number of non-ortho nitro benzene ring substituents is 1. The van der Waals surface area contributed by atoms with Crippen LogP contribution in [0.2, 0.25) is 5.02 Å². The number of benzene rings is 2. The number of carbonyl (C=O) groups excluding carboxylic acids is 1. The number of rotatable bonds is 5. The smallest absolute Gasteiger partial charge is 0.269 e. The Labute approximate surface area is 160 Å². The molecule has 2 aromatic carbocycles. The number of halogens is 1. The van der Waals surface area contributed by atoms with Gasteiger partial charge in [0.05, 0.1) is 17.9 Å². The molecule has 0 saturated heterocycles. The van der Waals surface area contributed by atoms with Crippen molar-refractivity contribution >= 4 is 40.1 Å². The highest BCUT2D eigenvalue weighted by Gasteiger charge is 2.24. The molecule has 2 aromatic rings. The average Bonchev–Trinajstić information content (AvgIpc) is 3.11. The minimum Gasteiger partial charge on any atom is -0.289 e. The highest BCUT2D eigenvalue weighted by Crippen LogP contribution is 2.23. The molecule has 0 spiro atoms. The molecule has 0 N–H and O–H groups in total. The van der Waals surface area contributed by atoms with Gasteiger partial charge in [-0.15, -0.1) is 0 Å². The quantitative estimate of drug-likeness (QED) is 0.573. The van der Waals surface area contributed by atoms with Gasteiger partial charge in [0.25, 0.3) is 5.69 Å². The second-order valence-corrected chi connectivity index (χ2v) is 7.11. The highest BCUT2D eigenvalue weighted by molar-refractivity contribution is 8.13. The van der Waals surface area contributed by atoms with Gasteiger partial charge in [-0.05, 0) is 23.3 Å². The van der Waals surface area contributed by atoms with Crippen molar-refractivity contribution in [3.05, 3.63) is 74.8 Å². The first kappa shape index (κ1) is 18.4. The number of aliphatic imine (C=N–C) groups is 1. The average molecular weight is 390 g/mol. The number of nitro benzene ring substituents is 1. The topological polar surface area (TPSA) is 75.8 Å². The molecule has 1 aliphatic heterocycles. The van der Waals surface area contributed by atoms with Gasteiger partial charge in [0.1, 0.15) is 0 Å². The molecule has 8 heteroatoms. The molecule has 0 unspecified atom stereocenters. The summed E-state index contributed by atoms with van der Waals surface area (Å²) in [6, 6.07) is 13.7. The molecule has 1 amide bonds. The van der Waals surface area contributed by atoms with E-state index in [1.54, 1.807) is 29.2 Å². The van der Waals surface area contributed by atoms with Crippen LogP contribution < -0.4 is 0 Å². The largest absolute Gasteiger partial charge is 0.289 e. The summed E-state index contributed by atoms with van der Waals surface area (Å²) in [6.07, 6.45) is 0.285. The monoisotopic (exact) mass is 389 g/mol. The summed E-state index contributed by atoms with van der Waals surface area (Å²) >= 11 is 7.29. The molecule has 0 radical (unpaired) electrons. The van der Waals surface area contributed by atoms with E-state index < -0.39 is 4.92 Å². The van der Waals surface area contributed by atoms with Crippen LogP contribution in [-0.4, -0.2) is 34.0 Å². The Hall–Kier alpha value is -2.38. The Morgan fingerprint density at radius 1 is 1.23 bits per heavy atom. The number of hydrogen-bond acceptors (Lipinski definition) is 5. The molecule has 0 saturated carbocycles. The number of nitro groups is 1. The van der Waals surface area contributed by atoms with Gasteiger partial charge in [0.2, 0.25) is 5.91 Å². The Morgan fingerprint density at radius 3 is 2.73 bits per heavy atom. The van der Waals surface area contributed by atoms with Gasteiger partial charge in [-0.1, -0.05) is 47.6 Å². The van der Waals surface area contributed by atoms with Crippen molar-refractivity contribution in [2.75, 3.05) is 13.1 Å². The minimum absolute atomic E-state index is 0.0184. The molecule has 134 valence electrons. The Kier molecular flexibility index (Phi) is 5.90. The van der Waals surface area contributed by atoms with E-state index in [0.29, 0.717) is 29.0 Å². The van der Waals surface area contributed by atoms with E-state index in [1.807, 2.05) is 18.2 Å². The lowest BCUT2D eigenvalue weighted by Gasteiger charge is -2.18. The van der Waals surface area contributed by atoms with E-state index in [-0.39, 0.29) is 18.0 Å². The van der Waals surface area contributed by atoms with E-state index >= 15 is 0 Å². The number of carbonyl (C=O) groups is 1. The lowest BCUT2D eigenvalue weighted by Crippen LogP contribution is -2.34. The molecule has 0 fully saturated rings. The van der Waals surface area contributed by atoms with Crippen LogP contribution in [0.3, 0.4) is 0 Å². The fourth-order valence-electron chi connectivity index (χ4n) is 2.56. The van der Waals surface area contributed by atoms with Crippen LogP contribution in [0.4, 0.5) is 5.69 Å². The third-order valence-electron chi connectivity index (χ3n) is 3.86. The van der Waals surface area contributed by atoms with Crippen LogP contribution >= 0.6 is 23.4 Å². The number of nitrogens with zero attached hydrogens (tertiary/aromatic N) is 3. The molecule has 6 nitrogen and oxygen atoms in total. The number of amides is 1. The fraction of sp³-hybridized carbons (Fsp3) is 0.222. The summed E-state index contributed by atoms with van der Waals surface area (Å²) in [6.45, 7) is 1.13. The van der Waals surface area contributed by atoms with Crippen molar-refractivity contribution in [1.29, 1.82) is 0 Å².